The van der Waals surface area contributed by atoms with Crippen LogP contribution in [0.25, 0.3) is 10.8 Å². The van der Waals surface area contributed by atoms with Crippen molar-refractivity contribution in [2.24, 2.45) is 0 Å². The zero-order chi connectivity index (χ0) is 21.1. The number of nitrogens with one attached hydrogen (secondary N) is 1. The lowest BCUT2D eigenvalue weighted by Crippen LogP contribution is -2.28. The molecule has 3 aromatic carbocycles. The summed E-state index contributed by atoms with van der Waals surface area (Å²) in [6, 6.07) is 18.3. The second kappa shape index (κ2) is 8.73. The predicted octanol–water partition coefficient (Wildman–Crippen LogP) is 4.60. The van der Waals surface area contributed by atoms with Crippen molar-refractivity contribution in [1.82, 2.24) is 5.32 Å². The molecule has 1 heterocycles. The summed E-state index contributed by atoms with van der Waals surface area (Å²) in [4.78, 5) is 11.3. The zero-order valence-corrected chi connectivity index (χ0v) is 17.1. The van der Waals surface area contributed by atoms with Gasteiger partial charge in [-0.05, 0) is 40.5 Å². The Labute approximate surface area is 175 Å². The van der Waals surface area contributed by atoms with Crippen molar-refractivity contribution in [2.75, 3.05) is 26.9 Å². The Morgan fingerprint density at radius 3 is 2.57 bits per heavy atom. The van der Waals surface area contributed by atoms with E-state index in [1.807, 2.05) is 31.2 Å². The fraction of sp³-hybridized carbons (Fsp3) is 0.292. The Hall–Kier alpha value is -3.09. The van der Waals surface area contributed by atoms with Crippen LogP contribution in [0.5, 0.6) is 5.75 Å². The van der Waals surface area contributed by atoms with Crippen LogP contribution < -0.4 is 10.1 Å². The van der Waals surface area contributed by atoms with Gasteiger partial charge in [0.05, 0.1) is 20.3 Å². The highest BCUT2D eigenvalue weighted by Gasteiger charge is 2.28. The molecule has 2 N–H and O–H groups in total. The number of carboxylic acid groups (broad SMARTS) is 1. The van der Waals surface area contributed by atoms with E-state index in [9.17, 15) is 9.90 Å². The quantitative estimate of drug-likeness (QED) is 0.624. The average Bonchev–Trinajstić information content (AvgIpc) is 3.28. The van der Waals surface area contributed by atoms with Crippen LogP contribution in [0.3, 0.4) is 0 Å². The lowest BCUT2D eigenvalue weighted by molar-refractivity contribution is -0.0449. The van der Waals surface area contributed by atoms with Gasteiger partial charge in [-0.1, -0.05) is 48.5 Å². The molecule has 0 saturated carbocycles. The molecule has 1 fully saturated rings. The minimum Gasteiger partial charge on any atom is -0.496 e. The first-order valence-corrected chi connectivity index (χ1v) is 9.94. The number of rotatable bonds is 6. The molecule has 156 valence electrons. The Kier molecular flexibility index (Phi) is 5.88. The summed E-state index contributed by atoms with van der Waals surface area (Å²) < 4.78 is 17.1. The van der Waals surface area contributed by atoms with E-state index < -0.39 is 12.4 Å². The highest BCUT2D eigenvalue weighted by atomic mass is 16.7. The monoisotopic (exact) mass is 407 g/mol. The molecule has 1 atom stereocenters. The largest absolute Gasteiger partial charge is 0.496 e. The maximum Gasteiger partial charge on any atom is 0.404 e. The fourth-order valence-corrected chi connectivity index (χ4v) is 4.01. The smallest absolute Gasteiger partial charge is 0.404 e. The van der Waals surface area contributed by atoms with Gasteiger partial charge >= 0.3 is 6.09 Å². The molecule has 0 spiro atoms. The van der Waals surface area contributed by atoms with E-state index in [0.717, 1.165) is 38.8 Å². The molecule has 1 aliphatic heterocycles. The summed E-state index contributed by atoms with van der Waals surface area (Å²) in [7, 11) is 1.63. The number of amides is 1. The molecular formula is C24H25NO5. The summed E-state index contributed by atoms with van der Waals surface area (Å²) >= 11 is 0. The number of aryl methyl sites for hydroxylation is 1. The third kappa shape index (κ3) is 4.10. The van der Waals surface area contributed by atoms with E-state index in [4.69, 9.17) is 14.2 Å². The van der Waals surface area contributed by atoms with E-state index >= 15 is 0 Å². The molecule has 1 amide bonds. The second-order valence-electron chi connectivity index (χ2n) is 7.37. The Morgan fingerprint density at radius 2 is 1.87 bits per heavy atom. The first kappa shape index (κ1) is 20.2. The van der Waals surface area contributed by atoms with Gasteiger partial charge in [0.1, 0.15) is 5.75 Å². The number of methoxy groups -OCH3 is 1. The van der Waals surface area contributed by atoms with Gasteiger partial charge < -0.3 is 24.6 Å². The first-order valence-electron chi connectivity index (χ1n) is 9.94. The molecule has 1 aliphatic rings. The Morgan fingerprint density at radius 1 is 1.13 bits per heavy atom. The van der Waals surface area contributed by atoms with Crippen molar-refractivity contribution >= 4 is 16.9 Å². The minimum atomic E-state index is -1.05. The lowest BCUT2D eigenvalue weighted by atomic mass is 9.85. The molecule has 0 radical (unpaired) electrons. The van der Waals surface area contributed by atoms with Crippen molar-refractivity contribution < 1.29 is 24.1 Å². The number of hydrogen-bond donors (Lipinski definition) is 2. The summed E-state index contributed by atoms with van der Waals surface area (Å²) in [5, 5.41) is 14.1. The fourth-order valence-electron chi connectivity index (χ4n) is 4.01. The summed E-state index contributed by atoms with van der Waals surface area (Å²) in [5.74, 6) is 0.536. The van der Waals surface area contributed by atoms with Crippen LogP contribution >= 0.6 is 0 Å². The first-order chi connectivity index (χ1) is 14.6. The molecule has 30 heavy (non-hydrogen) atoms. The normalized spacial score (nSPS) is 15.3. The zero-order valence-electron chi connectivity index (χ0n) is 17.1. The Balaban J connectivity index is 1.85. The number of fused-ring (bicyclic) bond motifs is 1. The van der Waals surface area contributed by atoms with Gasteiger partial charge in [0.25, 0.3) is 0 Å². The van der Waals surface area contributed by atoms with Crippen molar-refractivity contribution in [3.8, 4) is 5.75 Å². The van der Waals surface area contributed by atoms with Gasteiger partial charge in [0.2, 0.25) is 0 Å². The van der Waals surface area contributed by atoms with E-state index in [1.54, 1.807) is 7.11 Å². The van der Waals surface area contributed by atoms with Crippen LogP contribution in [-0.2, 0) is 9.47 Å². The molecule has 6 nitrogen and oxygen atoms in total. The van der Waals surface area contributed by atoms with E-state index in [-0.39, 0.29) is 12.5 Å². The molecule has 0 aliphatic carbocycles. The van der Waals surface area contributed by atoms with Crippen molar-refractivity contribution in [2.45, 2.75) is 19.1 Å². The molecule has 3 aromatic rings. The molecular weight excluding hydrogens is 382 g/mol. The SMILES string of the molecule is COc1cc(C2OCCO2)c(C(CNC(=O)O)c2ccc3ccccc3c2)cc1C. The van der Waals surface area contributed by atoms with Crippen LogP contribution in [0.1, 0.15) is 34.5 Å². The molecule has 1 saturated heterocycles. The molecule has 6 heteroatoms. The summed E-state index contributed by atoms with van der Waals surface area (Å²) in [6.07, 6.45) is -1.55. The second-order valence-corrected chi connectivity index (χ2v) is 7.37. The van der Waals surface area contributed by atoms with E-state index in [0.29, 0.717) is 13.2 Å². The van der Waals surface area contributed by atoms with Crippen LogP contribution in [0.4, 0.5) is 4.79 Å². The standard InChI is InChI=1S/C24H25NO5/c1-15-11-19(20(13-22(15)28-2)23-29-9-10-30-23)21(14-25-24(26)27)18-8-7-16-5-3-4-6-17(16)12-18/h3-8,11-13,21,23,25H,9-10,14H2,1-2H3,(H,26,27). The van der Waals surface area contributed by atoms with Gasteiger partial charge in [-0.15, -0.1) is 0 Å². The van der Waals surface area contributed by atoms with Crippen LogP contribution in [0, 0.1) is 6.92 Å². The van der Waals surface area contributed by atoms with Crippen LogP contribution in [0.15, 0.2) is 54.6 Å². The molecule has 1 unspecified atom stereocenters. The van der Waals surface area contributed by atoms with Gasteiger partial charge in [-0.2, -0.15) is 0 Å². The molecule has 0 bridgehead atoms. The maximum atomic E-state index is 11.3. The van der Waals surface area contributed by atoms with Crippen LogP contribution in [0.2, 0.25) is 0 Å². The van der Waals surface area contributed by atoms with Crippen molar-refractivity contribution in [1.29, 1.82) is 0 Å². The number of hydrogen-bond acceptors (Lipinski definition) is 4. The van der Waals surface area contributed by atoms with Gasteiger partial charge in [-0.25, -0.2) is 4.79 Å². The molecule has 4 rings (SSSR count). The van der Waals surface area contributed by atoms with Crippen molar-refractivity contribution in [3.05, 3.63) is 76.9 Å². The average molecular weight is 407 g/mol. The van der Waals surface area contributed by atoms with E-state index in [2.05, 4.69) is 35.6 Å². The number of carbonyl (C=O) groups is 1. The van der Waals surface area contributed by atoms with Gasteiger partial charge in [-0.3, -0.25) is 0 Å². The van der Waals surface area contributed by atoms with Gasteiger partial charge in [0, 0.05) is 18.0 Å². The van der Waals surface area contributed by atoms with Crippen molar-refractivity contribution in [3.63, 3.8) is 0 Å². The number of benzene rings is 3. The minimum absolute atomic E-state index is 0.210. The molecule has 0 aromatic heterocycles. The summed E-state index contributed by atoms with van der Waals surface area (Å²) in [6.45, 7) is 3.26. The highest BCUT2D eigenvalue weighted by Crippen LogP contribution is 2.38. The van der Waals surface area contributed by atoms with Crippen LogP contribution in [-0.4, -0.2) is 38.1 Å². The number of ether oxygens (including phenoxy) is 3. The predicted molar refractivity (Wildman–Crippen MR) is 114 cm³/mol. The maximum absolute atomic E-state index is 11.3. The Bertz CT molecular complexity index is 1060. The highest BCUT2D eigenvalue weighted by molar-refractivity contribution is 5.83. The third-order valence-electron chi connectivity index (χ3n) is 5.48. The summed E-state index contributed by atoms with van der Waals surface area (Å²) in [5.41, 5.74) is 3.81. The lowest BCUT2D eigenvalue weighted by Gasteiger charge is -2.25. The topological polar surface area (TPSA) is 77.0 Å². The van der Waals surface area contributed by atoms with E-state index in [1.165, 1.54) is 0 Å². The van der Waals surface area contributed by atoms with Gasteiger partial charge in [0.15, 0.2) is 6.29 Å². The third-order valence-corrected chi connectivity index (χ3v) is 5.48.